The summed E-state index contributed by atoms with van der Waals surface area (Å²) >= 11 is 1.53. The van der Waals surface area contributed by atoms with E-state index in [4.69, 9.17) is 4.98 Å². The number of imide groups is 1. The highest BCUT2D eigenvalue weighted by Crippen LogP contribution is 2.33. The fourth-order valence-electron chi connectivity index (χ4n) is 4.32. The molecule has 8 heteroatoms. The predicted molar refractivity (Wildman–Crippen MR) is 137 cm³/mol. The lowest BCUT2D eigenvalue weighted by atomic mass is 10.1. The Kier molecular flexibility index (Phi) is 7.09. The Morgan fingerprint density at radius 1 is 1.00 bits per heavy atom. The van der Waals surface area contributed by atoms with E-state index >= 15 is 0 Å². The molecule has 7 nitrogen and oxygen atoms in total. The number of hydrogen-bond acceptors (Lipinski definition) is 6. The standard InChI is InChI=1S/C26H30N4O3S/c1-5-28(6-2)13-14-29(26-27-21-16-17(3)15-18(4)24(21)34-26)25(33)19-7-9-20(10-8-19)30-22(31)11-12-23(30)32/h7-10,15-16H,5-6,11-14H2,1-4H3. The van der Waals surface area contributed by atoms with E-state index in [0.717, 1.165) is 41.0 Å². The average molecular weight is 479 g/mol. The highest BCUT2D eigenvalue weighted by Gasteiger charge is 2.30. The number of rotatable bonds is 8. The van der Waals surface area contributed by atoms with Gasteiger partial charge >= 0.3 is 0 Å². The molecule has 1 saturated heterocycles. The maximum Gasteiger partial charge on any atom is 0.260 e. The Bertz CT molecular complexity index is 1210. The van der Waals surface area contributed by atoms with E-state index in [-0.39, 0.29) is 30.6 Å². The highest BCUT2D eigenvalue weighted by molar-refractivity contribution is 7.22. The van der Waals surface area contributed by atoms with Gasteiger partial charge in [0.25, 0.3) is 5.91 Å². The van der Waals surface area contributed by atoms with Crippen LogP contribution in [-0.4, -0.2) is 53.8 Å². The van der Waals surface area contributed by atoms with Crippen LogP contribution in [0.1, 0.15) is 48.2 Å². The van der Waals surface area contributed by atoms with Crippen LogP contribution in [0.2, 0.25) is 0 Å². The minimum Gasteiger partial charge on any atom is -0.302 e. The van der Waals surface area contributed by atoms with Crippen LogP contribution < -0.4 is 9.80 Å². The number of hydrogen-bond donors (Lipinski definition) is 0. The van der Waals surface area contributed by atoms with Crippen molar-refractivity contribution in [3.05, 3.63) is 53.1 Å². The van der Waals surface area contributed by atoms with E-state index in [2.05, 4.69) is 31.7 Å². The van der Waals surface area contributed by atoms with Crippen molar-refractivity contribution >= 4 is 50.1 Å². The normalized spacial score (nSPS) is 14.0. The monoisotopic (exact) mass is 478 g/mol. The minimum absolute atomic E-state index is 0.147. The molecule has 178 valence electrons. The predicted octanol–water partition coefficient (Wildman–Crippen LogP) is 4.56. The van der Waals surface area contributed by atoms with Crippen molar-refractivity contribution in [2.75, 3.05) is 36.0 Å². The van der Waals surface area contributed by atoms with Gasteiger partial charge in [-0.15, -0.1) is 0 Å². The number of anilines is 2. The van der Waals surface area contributed by atoms with Gasteiger partial charge < -0.3 is 4.90 Å². The quantitative estimate of drug-likeness (QED) is 0.444. The SMILES string of the molecule is CCN(CC)CCN(C(=O)c1ccc(N2C(=O)CCC2=O)cc1)c1nc2cc(C)cc(C)c2s1. The van der Waals surface area contributed by atoms with Crippen molar-refractivity contribution < 1.29 is 14.4 Å². The zero-order chi connectivity index (χ0) is 24.4. The third-order valence-electron chi connectivity index (χ3n) is 6.24. The van der Waals surface area contributed by atoms with Crippen LogP contribution in [-0.2, 0) is 9.59 Å². The molecule has 0 spiro atoms. The van der Waals surface area contributed by atoms with Crippen molar-refractivity contribution in [1.29, 1.82) is 0 Å². The second kappa shape index (κ2) is 10.0. The van der Waals surface area contributed by atoms with Crippen LogP contribution in [0.15, 0.2) is 36.4 Å². The summed E-state index contributed by atoms with van der Waals surface area (Å²) < 4.78 is 1.09. The van der Waals surface area contributed by atoms with Crippen LogP contribution in [0, 0.1) is 13.8 Å². The Labute approximate surface area is 204 Å². The lowest BCUT2D eigenvalue weighted by molar-refractivity contribution is -0.121. The molecule has 0 N–H and O–H groups in total. The summed E-state index contributed by atoms with van der Waals surface area (Å²) in [6, 6.07) is 10.9. The van der Waals surface area contributed by atoms with Gasteiger partial charge in [0.15, 0.2) is 5.13 Å². The van der Waals surface area contributed by atoms with Gasteiger partial charge in [0.1, 0.15) is 0 Å². The number of amides is 3. The van der Waals surface area contributed by atoms with Crippen molar-refractivity contribution in [2.24, 2.45) is 0 Å². The molecule has 0 bridgehead atoms. The molecule has 1 aliphatic heterocycles. The molecular formula is C26H30N4O3S. The van der Waals surface area contributed by atoms with Gasteiger partial charge in [-0.05, 0) is 68.4 Å². The molecule has 2 aromatic carbocycles. The average Bonchev–Trinajstić information content (AvgIpc) is 3.39. The van der Waals surface area contributed by atoms with E-state index in [9.17, 15) is 14.4 Å². The molecule has 0 radical (unpaired) electrons. The number of thiazole rings is 1. The molecule has 0 saturated carbocycles. The summed E-state index contributed by atoms with van der Waals surface area (Å²) in [7, 11) is 0. The lowest BCUT2D eigenvalue weighted by Gasteiger charge is -2.25. The first-order valence-electron chi connectivity index (χ1n) is 11.7. The molecule has 2 heterocycles. The summed E-state index contributed by atoms with van der Waals surface area (Å²) in [4.78, 5) is 47.8. The summed E-state index contributed by atoms with van der Waals surface area (Å²) in [6.45, 7) is 11.4. The zero-order valence-corrected chi connectivity index (χ0v) is 20.9. The third kappa shape index (κ3) is 4.74. The molecular weight excluding hydrogens is 448 g/mol. The van der Waals surface area contributed by atoms with E-state index in [1.807, 2.05) is 13.0 Å². The third-order valence-corrected chi connectivity index (χ3v) is 7.47. The smallest absolute Gasteiger partial charge is 0.260 e. The van der Waals surface area contributed by atoms with Crippen molar-refractivity contribution in [2.45, 2.75) is 40.5 Å². The van der Waals surface area contributed by atoms with Crippen molar-refractivity contribution in [1.82, 2.24) is 9.88 Å². The number of benzene rings is 2. The molecule has 3 aromatic rings. The number of aromatic nitrogens is 1. The maximum absolute atomic E-state index is 13.7. The molecule has 1 aromatic heterocycles. The number of likely N-dealkylation sites (N-methyl/N-ethyl adjacent to an activating group) is 1. The molecule has 34 heavy (non-hydrogen) atoms. The van der Waals surface area contributed by atoms with E-state index in [0.29, 0.717) is 22.9 Å². The Morgan fingerprint density at radius 3 is 2.26 bits per heavy atom. The first-order chi connectivity index (χ1) is 16.3. The molecule has 1 fully saturated rings. The van der Waals surface area contributed by atoms with Gasteiger partial charge in [-0.25, -0.2) is 4.98 Å². The van der Waals surface area contributed by atoms with Crippen molar-refractivity contribution in [3.63, 3.8) is 0 Å². The second-order valence-corrected chi connectivity index (χ2v) is 9.56. The molecule has 1 aliphatic rings. The molecule has 3 amide bonds. The number of aryl methyl sites for hydroxylation is 2. The van der Waals surface area contributed by atoms with Crippen molar-refractivity contribution in [3.8, 4) is 0 Å². The van der Waals surface area contributed by atoms with Gasteiger partial charge in [0.2, 0.25) is 11.8 Å². The van der Waals surface area contributed by atoms with Gasteiger partial charge in [0, 0.05) is 31.5 Å². The highest BCUT2D eigenvalue weighted by atomic mass is 32.1. The molecule has 0 unspecified atom stereocenters. The van der Waals surface area contributed by atoms with E-state index in [1.165, 1.54) is 16.2 Å². The second-order valence-electron chi connectivity index (χ2n) is 8.58. The lowest BCUT2D eigenvalue weighted by Crippen LogP contribution is -2.39. The Balaban J connectivity index is 1.66. The van der Waals surface area contributed by atoms with Crippen LogP contribution in [0.25, 0.3) is 10.2 Å². The number of carbonyl (C=O) groups is 3. The first-order valence-corrected chi connectivity index (χ1v) is 12.5. The number of fused-ring (bicyclic) bond motifs is 1. The summed E-state index contributed by atoms with van der Waals surface area (Å²) in [5.74, 6) is -0.554. The Morgan fingerprint density at radius 2 is 1.65 bits per heavy atom. The summed E-state index contributed by atoms with van der Waals surface area (Å²) in [5.41, 5.74) is 4.20. The summed E-state index contributed by atoms with van der Waals surface area (Å²) in [6.07, 6.45) is 0.463. The number of nitrogens with zero attached hydrogens (tertiary/aromatic N) is 4. The number of carbonyl (C=O) groups excluding carboxylic acids is 3. The fraction of sp³-hybridized carbons (Fsp3) is 0.385. The van der Waals surface area contributed by atoms with Gasteiger partial charge in [-0.3, -0.25) is 24.2 Å². The van der Waals surface area contributed by atoms with Crippen LogP contribution in [0.3, 0.4) is 0 Å². The van der Waals surface area contributed by atoms with E-state index in [1.54, 1.807) is 29.2 Å². The van der Waals surface area contributed by atoms with Crippen LogP contribution in [0.5, 0.6) is 0 Å². The topological polar surface area (TPSA) is 73.8 Å². The molecule has 0 atom stereocenters. The minimum atomic E-state index is -0.204. The first kappa shape index (κ1) is 24.0. The summed E-state index contributed by atoms with van der Waals surface area (Å²) in [5, 5.41) is 0.676. The van der Waals surface area contributed by atoms with Gasteiger partial charge in [0.05, 0.1) is 15.9 Å². The molecule has 0 aliphatic carbocycles. The van der Waals surface area contributed by atoms with Gasteiger partial charge in [-0.1, -0.05) is 31.3 Å². The van der Waals surface area contributed by atoms with E-state index < -0.39 is 0 Å². The Hall–Kier alpha value is -3.10. The van der Waals surface area contributed by atoms with Gasteiger partial charge in [-0.2, -0.15) is 0 Å². The maximum atomic E-state index is 13.7. The fourth-order valence-corrected chi connectivity index (χ4v) is 5.36. The van der Waals surface area contributed by atoms with Crippen LogP contribution in [0.4, 0.5) is 10.8 Å². The van der Waals surface area contributed by atoms with Crippen LogP contribution >= 0.6 is 11.3 Å². The molecule has 4 rings (SSSR count). The zero-order valence-electron chi connectivity index (χ0n) is 20.1. The largest absolute Gasteiger partial charge is 0.302 e.